The third-order valence-electron chi connectivity index (χ3n) is 4.96. The van der Waals surface area contributed by atoms with E-state index in [-0.39, 0.29) is 23.8 Å². The summed E-state index contributed by atoms with van der Waals surface area (Å²) >= 11 is 1.35. The predicted molar refractivity (Wildman–Crippen MR) is 121 cm³/mol. The minimum Gasteiger partial charge on any atom is -0.324 e. The van der Waals surface area contributed by atoms with Crippen molar-refractivity contribution in [1.82, 2.24) is 14.8 Å². The van der Waals surface area contributed by atoms with Crippen LogP contribution in [0.25, 0.3) is 21.5 Å². The number of halogens is 1. The molecule has 4 rings (SSSR count). The Morgan fingerprint density at radius 2 is 1.74 bits per heavy atom. The molecule has 2 aromatic carbocycles. The molecule has 0 radical (unpaired) electrons. The first-order valence-electron chi connectivity index (χ1n) is 9.75. The van der Waals surface area contributed by atoms with Gasteiger partial charge in [0.05, 0.1) is 9.71 Å². The summed E-state index contributed by atoms with van der Waals surface area (Å²) in [6.45, 7) is 7.40. The minimum absolute atomic E-state index is 0.257. The molecule has 2 aromatic heterocycles. The van der Waals surface area contributed by atoms with Crippen LogP contribution in [0.1, 0.15) is 21.7 Å². The fourth-order valence-corrected chi connectivity index (χ4v) is 4.58. The van der Waals surface area contributed by atoms with E-state index in [4.69, 9.17) is 0 Å². The number of thiazole rings is 1. The van der Waals surface area contributed by atoms with Gasteiger partial charge in [-0.2, -0.15) is 5.10 Å². The molecule has 0 unspecified atom stereocenters. The van der Waals surface area contributed by atoms with E-state index in [2.05, 4.69) is 15.4 Å². The Labute approximate surface area is 182 Å². The van der Waals surface area contributed by atoms with E-state index in [1.54, 1.807) is 19.1 Å². The van der Waals surface area contributed by atoms with Gasteiger partial charge in [-0.15, -0.1) is 11.3 Å². The number of aryl methyl sites for hydroxylation is 4. The first kappa shape index (κ1) is 20.9. The Balaban J connectivity index is 1.74. The van der Waals surface area contributed by atoms with E-state index in [0.717, 1.165) is 27.1 Å². The van der Waals surface area contributed by atoms with Crippen molar-refractivity contribution >= 4 is 33.1 Å². The average Bonchev–Trinajstić information content (AvgIpc) is 3.09. The lowest BCUT2D eigenvalue weighted by Crippen LogP contribution is -2.30. The maximum atomic E-state index is 13.4. The summed E-state index contributed by atoms with van der Waals surface area (Å²) in [6.07, 6.45) is 0. The molecule has 0 aliphatic rings. The number of fused-ring (bicyclic) bond motifs is 1. The van der Waals surface area contributed by atoms with Gasteiger partial charge in [0.1, 0.15) is 18.1 Å². The van der Waals surface area contributed by atoms with Gasteiger partial charge in [-0.3, -0.25) is 9.59 Å². The molecule has 0 aliphatic carbocycles. The highest BCUT2D eigenvalue weighted by Gasteiger charge is 2.18. The highest BCUT2D eigenvalue weighted by atomic mass is 32.1. The van der Waals surface area contributed by atoms with Crippen LogP contribution < -0.4 is 10.9 Å². The summed E-state index contributed by atoms with van der Waals surface area (Å²) in [4.78, 5) is 30.1. The van der Waals surface area contributed by atoms with Gasteiger partial charge < -0.3 is 5.32 Å². The molecule has 8 heteroatoms. The molecule has 158 valence electrons. The van der Waals surface area contributed by atoms with Crippen LogP contribution in [0, 0.1) is 33.5 Å². The van der Waals surface area contributed by atoms with E-state index < -0.39 is 5.56 Å². The van der Waals surface area contributed by atoms with Gasteiger partial charge in [-0.1, -0.05) is 17.7 Å². The number of aromatic nitrogens is 3. The Kier molecular flexibility index (Phi) is 5.41. The second kappa shape index (κ2) is 8.03. The molecule has 0 aliphatic heterocycles. The molecule has 0 atom stereocenters. The van der Waals surface area contributed by atoms with E-state index >= 15 is 0 Å². The second-order valence-corrected chi connectivity index (χ2v) is 8.75. The van der Waals surface area contributed by atoms with Crippen LogP contribution in [0.4, 0.5) is 10.1 Å². The largest absolute Gasteiger partial charge is 0.324 e. The molecule has 4 aromatic rings. The lowest BCUT2D eigenvalue weighted by Gasteiger charge is -2.14. The Morgan fingerprint density at radius 3 is 2.39 bits per heavy atom. The fraction of sp³-hybridized carbons (Fsp3) is 0.217. The second-order valence-electron chi connectivity index (χ2n) is 7.55. The monoisotopic (exact) mass is 436 g/mol. The van der Waals surface area contributed by atoms with Crippen LogP contribution in [0.15, 0.2) is 41.2 Å². The number of nitrogens with zero attached hydrogens (tertiary/aromatic N) is 3. The molecule has 31 heavy (non-hydrogen) atoms. The molecule has 6 nitrogen and oxygen atoms in total. The highest BCUT2D eigenvalue weighted by molar-refractivity contribution is 7.19. The molecule has 0 saturated carbocycles. The van der Waals surface area contributed by atoms with Crippen LogP contribution >= 0.6 is 11.3 Å². The first-order valence-corrected chi connectivity index (χ1v) is 10.6. The zero-order valence-electron chi connectivity index (χ0n) is 17.6. The molecule has 0 bridgehead atoms. The molecular formula is C23H21FN4O2S. The summed E-state index contributed by atoms with van der Waals surface area (Å²) < 4.78 is 15.1. The standard InChI is InChI=1S/C23H21FN4O2S/c1-12-9-13(2)19(14(3)10-12)26-18(29)11-28-23(30)21-22(31-15(4)25-21)20(27-28)16-5-7-17(24)8-6-16/h5-10H,11H2,1-4H3,(H,26,29). The smallest absolute Gasteiger partial charge is 0.294 e. The van der Waals surface area contributed by atoms with Crippen molar-refractivity contribution in [3.05, 3.63) is 74.3 Å². The average molecular weight is 437 g/mol. The summed E-state index contributed by atoms with van der Waals surface area (Å²) in [5.74, 6) is -0.724. The van der Waals surface area contributed by atoms with Gasteiger partial charge >= 0.3 is 0 Å². The number of amides is 1. The summed E-state index contributed by atoms with van der Waals surface area (Å²) in [6, 6.07) is 9.84. The first-order chi connectivity index (χ1) is 14.7. The van der Waals surface area contributed by atoms with Gasteiger partial charge in [0.25, 0.3) is 5.56 Å². The molecule has 2 heterocycles. The van der Waals surface area contributed by atoms with Gasteiger partial charge in [-0.05, 0) is 63.1 Å². The fourth-order valence-electron chi connectivity index (χ4n) is 3.66. The summed E-state index contributed by atoms with van der Waals surface area (Å²) in [5.41, 5.74) is 4.70. The van der Waals surface area contributed by atoms with Crippen molar-refractivity contribution in [3.8, 4) is 11.3 Å². The van der Waals surface area contributed by atoms with Crippen molar-refractivity contribution < 1.29 is 9.18 Å². The molecule has 0 fully saturated rings. The topological polar surface area (TPSA) is 76.9 Å². The van der Waals surface area contributed by atoms with Crippen molar-refractivity contribution in [2.45, 2.75) is 34.2 Å². The molecular weight excluding hydrogens is 415 g/mol. The minimum atomic E-state index is -0.433. The third kappa shape index (κ3) is 4.11. The lowest BCUT2D eigenvalue weighted by molar-refractivity contribution is -0.117. The highest BCUT2D eigenvalue weighted by Crippen LogP contribution is 2.29. The van der Waals surface area contributed by atoms with E-state index in [0.29, 0.717) is 21.0 Å². The van der Waals surface area contributed by atoms with Crippen LogP contribution in [-0.2, 0) is 11.3 Å². The maximum Gasteiger partial charge on any atom is 0.294 e. The number of benzene rings is 2. The predicted octanol–water partition coefficient (Wildman–Crippen LogP) is 4.53. The summed E-state index contributed by atoms with van der Waals surface area (Å²) in [7, 11) is 0. The molecule has 0 spiro atoms. The van der Waals surface area contributed by atoms with Crippen LogP contribution in [0.2, 0.25) is 0 Å². The molecule has 0 saturated heterocycles. The SMILES string of the molecule is Cc1cc(C)c(NC(=O)Cn2nc(-c3ccc(F)cc3)c3sc(C)nc3c2=O)c(C)c1. The van der Waals surface area contributed by atoms with Gasteiger partial charge in [0.15, 0.2) is 5.52 Å². The molecule has 1 N–H and O–H groups in total. The lowest BCUT2D eigenvalue weighted by atomic mass is 10.1. The van der Waals surface area contributed by atoms with Crippen molar-refractivity contribution in [1.29, 1.82) is 0 Å². The zero-order valence-corrected chi connectivity index (χ0v) is 18.4. The number of anilines is 1. The van der Waals surface area contributed by atoms with Crippen LogP contribution in [0.5, 0.6) is 0 Å². The van der Waals surface area contributed by atoms with E-state index in [1.165, 1.54) is 23.5 Å². The molecule has 1 amide bonds. The maximum absolute atomic E-state index is 13.4. The summed E-state index contributed by atoms with van der Waals surface area (Å²) in [5, 5.41) is 8.05. The van der Waals surface area contributed by atoms with Gasteiger partial charge in [0, 0.05) is 11.3 Å². The number of carbonyl (C=O) groups is 1. The number of rotatable bonds is 4. The number of carbonyl (C=O) groups excluding carboxylic acids is 1. The number of hydrogen-bond acceptors (Lipinski definition) is 5. The number of nitrogens with one attached hydrogen (secondary N) is 1. The van der Waals surface area contributed by atoms with Crippen LogP contribution in [-0.4, -0.2) is 20.7 Å². The van der Waals surface area contributed by atoms with E-state index in [9.17, 15) is 14.0 Å². The van der Waals surface area contributed by atoms with Gasteiger partial charge in [-0.25, -0.2) is 14.1 Å². The Morgan fingerprint density at radius 1 is 1.10 bits per heavy atom. The Hall–Kier alpha value is -3.39. The normalized spacial score (nSPS) is 11.1. The number of hydrogen-bond donors (Lipinski definition) is 1. The zero-order chi connectivity index (χ0) is 22.3. The van der Waals surface area contributed by atoms with E-state index in [1.807, 2.05) is 32.9 Å². The van der Waals surface area contributed by atoms with Crippen molar-refractivity contribution in [3.63, 3.8) is 0 Å². The Bertz CT molecular complexity index is 1350. The van der Waals surface area contributed by atoms with Crippen LogP contribution in [0.3, 0.4) is 0 Å². The van der Waals surface area contributed by atoms with Crippen molar-refractivity contribution in [2.75, 3.05) is 5.32 Å². The van der Waals surface area contributed by atoms with Gasteiger partial charge in [0.2, 0.25) is 5.91 Å². The van der Waals surface area contributed by atoms with Crippen molar-refractivity contribution in [2.24, 2.45) is 0 Å². The quantitative estimate of drug-likeness (QED) is 0.510. The third-order valence-corrected chi connectivity index (χ3v) is 5.94.